The highest BCUT2D eigenvalue weighted by Crippen LogP contribution is 2.37. The van der Waals surface area contributed by atoms with Crippen molar-refractivity contribution in [3.63, 3.8) is 0 Å². The Hall–Kier alpha value is -2.79. The summed E-state index contributed by atoms with van der Waals surface area (Å²) in [6, 6.07) is 3.21. The summed E-state index contributed by atoms with van der Waals surface area (Å²) in [5, 5.41) is 9.55. The van der Waals surface area contributed by atoms with Crippen LogP contribution in [0.15, 0.2) is 24.5 Å². The molecule has 7 nitrogen and oxygen atoms in total. The first kappa shape index (κ1) is 21.9. The molecule has 0 fully saturated rings. The summed E-state index contributed by atoms with van der Waals surface area (Å²) in [5.41, 5.74) is 1.77. The van der Waals surface area contributed by atoms with Gasteiger partial charge in [0, 0.05) is 23.0 Å². The molecule has 3 aromatic rings. The van der Waals surface area contributed by atoms with Crippen LogP contribution in [0.3, 0.4) is 0 Å². The second-order valence-corrected chi connectivity index (χ2v) is 7.64. The summed E-state index contributed by atoms with van der Waals surface area (Å²) in [6.07, 6.45) is -1.68. The number of aryl methyl sites for hydroxylation is 1. The van der Waals surface area contributed by atoms with E-state index in [0.717, 1.165) is 6.92 Å². The standard InChI is InChI=1S/C18H15ClF3N5O2S/c1-8-4-10(11-5-14(19)24-7-13(11)29-3)12(6-23-8)15(28)25-17-27-26-16(30-17)9(2)18(20,21)22/h4-7,9H,1-3H3,(H,25,27,28). The van der Waals surface area contributed by atoms with Crippen LogP contribution in [0.4, 0.5) is 18.3 Å². The molecule has 0 aliphatic carbocycles. The number of amides is 1. The first-order chi connectivity index (χ1) is 14.1. The highest BCUT2D eigenvalue weighted by atomic mass is 35.5. The Morgan fingerprint density at radius 3 is 2.60 bits per heavy atom. The minimum atomic E-state index is -4.45. The van der Waals surface area contributed by atoms with E-state index in [1.54, 1.807) is 19.1 Å². The summed E-state index contributed by atoms with van der Waals surface area (Å²) >= 11 is 6.66. The molecule has 3 aromatic heterocycles. The molecule has 3 rings (SSSR count). The summed E-state index contributed by atoms with van der Waals surface area (Å²) < 4.78 is 43.9. The Morgan fingerprint density at radius 1 is 1.20 bits per heavy atom. The molecule has 0 saturated carbocycles. The van der Waals surface area contributed by atoms with Crippen molar-refractivity contribution < 1.29 is 22.7 Å². The molecule has 1 atom stereocenters. The molecule has 0 spiro atoms. The Labute approximate surface area is 178 Å². The van der Waals surface area contributed by atoms with Gasteiger partial charge >= 0.3 is 6.18 Å². The Morgan fingerprint density at radius 2 is 1.93 bits per heavy atom. The van der Waals surface area contributed by atoms with E-state index in [1.807, 2.05) is 0 Å². The zero-order chi connectivity index (χ0) is 22.1. The van der Waals surface area contributed by atoms with Gasteiger partial charge in [-0.3, -0.25) is 15.1 Å². The van der Waals surface area contributed by atoms with Gasteiger partial charge in [0.05, 0.1) is 18.9 Å². The summed E-state index contributed by atoms with van der Waals surface area (Å²) in [6.45, 7) is 2.73. The summed E-state index contributed by atoms with van der Waals surface area (Å²) in [5.74, 6) is -2.02. The lowest BCUT2D eigenvalue weighted by molar-refractivity contribution is -0.146. The van der Waals surface area contributed by atoms with E-state index in [0.29, 0.717) is 33.9 Å². The molecule has 1 amide bonds. The van der Waals surface area contributed by atoms with E-state index in [1.165, 1.54) is 19.5 Å². The van der Waals surface area contributed by atoms with Crippen LogP contribution in [0.1, 0.15) is 33.9 Å². The molecule has 0 bridgehead atoms. The van der Waals surface area contributed by atoms with Crippen molar-refractivity contribution in [2.75, 3.05) is 12.4 Å². The fourth-order valence-electron chi connectivity index (χ4n) is 2.52. The third kappa shape index (κ3) is 4.68. The van der Waals surface area contributed by atoms with Gasteiger partial charge in [-0.2, -0.15) is 13.2 Å². The lowest BCUT2D eigenvalue weighted by Gasteiger charge is -2.13. The fraction of sp³-hybridized carbons (Fsp3) is 0.278. The van der Waals surface area contributed by atoms with Crippen molar-refractivity contribution in [3.05, 3.63) is 45.9 Å². The average Bonchev–Trinajstić information content (AvgIpc) is 3.14. The van der Waals surface area contributed by atoms with Gasteiger partial charge in [0.1, 0.15) is 21.8 Å². The van der Waals surface area contributed by atoms with Gasteiger partial charge in [0.25, 0.3) is 5.91 Å². The molecule has 0 saturated heterocycles. The van der Waals surface area contributed by atoms with Crippen LogP contribution < -0.4 is 10.1 Å². The fourth-order valence-corrected chi connectivity index (χ4v) is 3.49. The zero-order valence-corrected chi connectivity index (χ0v) is 17.5. The number of carbonyl (C=O) groups excluding carboxylic acids is 1. The van der Waals surface area contributed by atoms with E-state index < -0.39 is 18.0 Å². The second-order valence-electron chi connectivity index (χ2n) is 6.24. The van der Waals surface area contributed by atoms with E-state index in [4.69, 9.17) is 16.3 Å². The Bertz CT molecular complexity index is 1090. The lowest BCUT2D eigenvalue weighted by Crippen LogP contribution is -2.17. The molecule has 0 aliphatic heterocycles. The first-order valence-electron chi connectivity index (χ1n) is 8.48. The minimum Gasteiger partial charge on any atom is -0.494 e. The van der Waals surface area contributed by atoms with E-state index >= 15 is 0 Å². The lowest BCUT2D eigenvalue weighted by atomic mass is 10.0. The minimum absolute atomic E-state index is 0.0580. The molecule has 158 valence electrons. The smallest absolute Gasteiger partial charge is 0.397 e. The number of hydrogen-bond acceptors (Lipinski definition) is 7. The molecule has 12 heteroatoms. The topological polar surface area (TPSA) is 89.9 Å². The maximum absolute atomic E-state index is 12.9. The van der Waals surface area contributed by atoms with E-state index in [9.17, 15) is 18.0 Å². The van der Waals surface area contributed by atoms with Gasteiger partial charge < -0.3 is 4.74 Å². The number of anilines is 1. The maximum atomic E-state index is 12.9. The van der Waals surface area contributed by atoms with Gasteiger partial charge in [-0.25, -0.2) is 4.98 Å². The molecule has 0 aromatic carbocycles. The number of aromatic nitrogens is 4. The quantitative estimate of drug-likeness (QED) is 0.549. The molecular weight excluding hydrogens is 443 g/mol. The molecule has 3 heterocycles. The number of carbonyl (C=O) groups is 1. The predicted molar refractivity (Wildman–Crippen MR) is 106 cm³/mol. The van der Waals surface area contributed by atoms with Crippen LogP contribution in [0, 0.1) is 6.92 Å². The van der Waals surface area contributed by atoms with Crippen LogP contribution in [0.2, 0.25) is 5.15 Å². The normalized spacial score (nSPS) is 12.5. The molecule has 30 heavy (non-hydrogen) atoms. The summed E-state index contributed by atoms with van der Waals surface area (Å²) in [4.78, 5) is 21.0. The average molecular weight is 458 g/mol. The maximum Gasteiger partial charge on any atom is 0.397 e. The van der Waals surface area contributed by atoms with Crippen molar-refractivity contribution in [2.45, 2.75) is 25.9 Å². The third-order valence-electron chi connectivity index (χ3n) is 4.15. The SMILES string of the molecule is COc1cnc(Cl)cc1-c1cc(C)ncc1C(=O)Nc1nnc(C(C)C(F)(F)F)s1. The van der Waals surface area contributed by atoms with Crippen LogP contribution in [-0.4, -0.2) is 39.4 Å². The Balaban J connectivity index is 1.95. The van der Waals surface area contributed by atoms with Crippen molar-refractivity contribution in [1.29, 1.82) is 0 Å². The van der Waals surface area contributed by atoms with Gasteiger partial charge in [0.2, 0.25) is 5.13 Å². The second kappa shape index (κ2) is 8.52. The van der Waals surface area contributed by atoms with Gasteiger partial charge in [-0.15, -0.1) is 10.2 Å². The number of hydrogen-bond donors (Lipinski definition) is 1. The predicted octanol–water partition coefficient (Wildman–Crippen LogP) is 4.88. The number of nitrogens with one attached hydrogen (secondary N) is 1. The summed E-state index contributed by atoms with van der Waals surface area (Å²) in [7, 11) is 1.45. The zero-order valence-electron chi connectivity index (χ0n) is 15.9. The van der Waals surface area contributed by atoms with Crippen molar-refractivity contribution in [3.8, 4) is 16.9 Å². The van der Waals surface area contributed by atoms with E-state index in [2.05, 4.69) is 25.5 Å². The van der Waals surface area contributed by atoms with Gasteiger partial charge in [0.15, 0.2) is 0 Å². The monoisotopic (exact) mass is 457 g/mol. The van der Waals surface area contributed by atoms with Crippen molar-refractivity contribution >= 4 is 34.0 Å². The Kier molecular flexibility index (Phi) is 6.22. The van der Waals surface area contributed by atoms with Gasteiger partial charge in [-0.05, 0) is 26.0 Å². The number of pyridine rings is 2. The molecule has 0 aliphatic rings. The van der Waals surface area contributed by atoms with Crippen LogP contribution in [0.5, 0.6) is 5.75 Å². The molecule has 1 unspecified atom stereocenters. The third-order valence-corrected chi connectivity index (χ3v) is 5.38. The molecule has 0 radical (unpaired) electrons. The van der Waals surface area contributed by atoms with Crippen LogP contribution in [0.25, 0.3) is 11.1 Å². The number of methoxy groups -OCH3 is 1. The molecule has 1 N–H and O–H groups in total. The number of rotatable bonds is 5. The van der Waals surface area contributed by atoms with Crippen molar-refractivity contribution in [1.82, 2.24) is 20.2 Å². The number of nitrogens with zero attached hydrogens (tertiary/aromatic N) is 4. The van der Waals surface area contributed by atoms with E-state index in [-0.39, 0.29) is 20.9 Å². The first-order valence-corrected chi connectivity index (χ1v) is 9.67. The van der Waals surface area contributed by atoms with Crippen LogP contribution in [-0.2, 0) is 0 Å². The van der Waals surface area contributed by atoms with Gasteiger partial charge in [-0.1, -0.05) is 22.9 Å². The number of alkyl halides is 3. The number of ether oxygens (including phenoxy) is 1. The van der Waals surface area contributed by atoms with Crippen LogP contribution >= 0.6 is 22.9 Å². The molecular formula is C18H15ClF3N5O2S. The van der Waals surface area contributed by atoms with Crippen molar-refractivity contribution in [2.24, 2.45) is 0 Å². The highest BCUT2D eigenvalue weighted by Gasteiger charge is 2.39. The number of halogens is 4. The highest BCUT2D eigenvalue weighted by molar-refractivity contribution is 7.15. The largest absolute Gasteiger partial charge is 0.494 e.